The molecule has 2 aromatic rings. The van der Waals surface area contributed by atoms with Crippen LogP contribution in [0.3, 0.4) is 0 Å². The number of fused-ring (bicyclic) bond motifs is 1. The first-order valence-electron chi connectivity index (χ1n) is 12.3. The Morgan fingerprint density at radius 1 is 1.25 bits per heavy atom. The summed E-state index contributed by atoms with van der Waals surface area (Å²) < 4.78 is 6.55. The average molecular weight is 534 g/mol. The molecule has 2 aromatic carbocycles. The van der Waals surface area contributed by atoms with Crippen molar-refractivity contribution in [2.24, 2.45) is 11.8 Å². The van der Waals surface area contributed by atoms with Crippen molar-refractivity contribution in [2.45, 2.75) is 45.4 Å². The van der Waals surface area contributed by atoms with Gasteiger partial charge in [0.2, 0.25) is 5.91 Å². The number of halogens is 2. The molecule has 2 aliphatic rings. The monoisotopic (exact) mass is 533 g/mol. The molecule has 1 aliphatic carbocycles. The van der Waals surface area contributed by atoms with Gasteiger partial charge < -0.3 is 20.1 Å². The van der Waals surface area contributed by atoms with Gasteiger partial charge in [-0.05, 0) is 56.6 Å². The van der Waals surface area contributed by atoms with Crippen LogP contribution in [0.4, 0.5) is 5.69 Å². The standard InChI is InChI=1S/C27H33Cl2N3O4/c1-16-12-32(17(2)15-33)27(35)20-5-4-6-23(30-26(34)19-8-9-19)25(20)36-24(16)14-31(3)13-18-7-10-21(28)22(29)11-18/h4-7,10-11,16-17,19,24,33H,8-9,12-15H2,1-3H3,(H,30,34)/t16-,17-,24-/m0/s1. The predicted molar refractivity (Wildman–Crippen MR) is 142 cm³/mol. The van der Waals surface area contributed by atoms with Crippen molar-refractivity contribution in [2.75, 3.05) is 32.1 Å². The highest BCUT2D eigenvalue weighted by atomic mass is 35.5. The summed E-state index contributed by atoms with van der Waals surface area (Å²) in [4.78, 5) is 29.9. The van der Waals surface area contributed by atoms with Gasteiger partial charge in [0, 0.05) is 31.5 Å². The first-order chi connectivity index (χ1) is 17.2. The highest BCUT2D eigenvalue weighted by Crippen LogP contribution is 2.37. The molecule has 0 radical (unpaired) electrons. The predicted octanol–water partition coefficient (Wildman–Crippen LogP) is 4.69. The second kappa shape index (κ2) is 11.4. The van der Waals surface area contributed by atoms with Crippen molar-refractivity contribution in [1.82, 2.24) is 9.80 Å². The Bertz CT molecular complexity index is 1120. The summed E-state index contributed by atoms with van der Waals surface area (Å²) in [6.07, 6.45) is 1.47. The minimum Gasteiger partial charge on any atom is -0.486 e. The molecule has 0 unspecified atom stereocenters. The van der Waals surface area contributed by atoms with Gasteiger partial charge in [-0.3, -0.25) is 14.5 Å². The molecule has 7 nitrogen and oxygen atoms in total. The van der Waals surface area contributed by atoms with E-state index in [1.165, 1.54) is 0 Å². The highest BCUT2D eigenvalue weighted by molar-refractivity contribution is 6.42. The summed E-state index contributed by atoms with van der Waals surface area (Å²) in [5.74, 6) is 0.0840. The molecule has 0 bridgehead atoms. The number of para-hydroxylation sites is 1. The Balaban J connectivity index is 1.63. The van der Waals surface area contributed by atoms with E-state index in [-0.39, 0.29) is 42.4 Å². The van der Waals surface area contributed by atoms with Gasteiger partial charge in [0.15, 0.2) is 5.75 Å². The molecular weight excluding hydrogens is 501 g/mol. The van der Waals surface area contributed by atoms with Gasteiger partial charge in [-0.1, -0.05) is 42.3 Å². The molecule has 1 saturated carbocycles. The Kier molecular flexibility index (Phi) is 8.45. The molecule has 3 atom stereocenters. The van der Waals surface area contributed by atoms with Crippen LogP contribution >= 0.6 is 23.2 Å². The number of amides is 2. The number of carbonyl (C=O) groups excluding carboxylic acids is 2. The normalized spacial score (nSPS) is 20.9. The average Bonchev–Trinajstić information content (AvgIpc) is 3.69. The van der Waals surface area contributed by atoms with Crippen LogP contribution in [0.25, 0.3) is 0 Å². The number of aliphatic hydroxyl groups is 1. The molecule has 2 N–H and O–H groups in total. The lowest BCUT2D eigenvalue weighted by atomic mass is 9.98. The fourth-order valence-electron chi connectivity index (χ4n) is 4.46. The summed E-state index contributed by atoms with van der Waals surface area (Å²) in [7, 11) is 2.00. The number of carbonyl (C=O) groups is 2. The number of nitrogens with one attached hydrogen (secondary N) is 1. The largest absolute Gasteiger partial charge is 0.486 e. The van der Waals surface area contributed by atoms with E-state index in [0.29, 0.717) is 46.7 Å². The van der Waals surface area contributed by atoms with Gasteiger partial charge in [0.25, 0.3) is 5.91 Å². The Labute approximate surface area is 222 Å². The maximum atomic E-state index is 13.5. The first kappa shape index (κ1) is 26.7. The van der Waals surface area contributed by atoms with E-state index in [1.807, 2.05) is 33.0 Å². The van der Waals surface area contributed by atoms with Gasteiger partial charge in [0.05, 0.1) is 33.9 Å². The SMILES string of the molecule is C[C@H]1CN([C@@H](C)CO)C(=O)c2cccc(NC(=O)C3CC3)c2O[C@H]1CN(C)Cc1ccc(Cl)c(Cl)c1. The topological polar surface area (TPSA) is 82.1 Å². The Morgan fingerprint density at radius 3 is 2.67 bits per heavy atom. The van der Waals surface area contributed by atoms with Gasteiger partial charge in [-0.2, -0.15) is 0 Å². The molecule has 9 heteroatoms. The van der Waals surface area contributed by atoms with Crippen LogP contribution in [0.2, 0.25) is 10.0 Å². The van der Waals surface area contributed by atoms with Crippen LogP contribution in [-0.4, -0.2) is 65.6 Å². The van der Waals surface area contributed by atoms with Crippen molar-refractivity contribution >= 4 is 40.7 Å². The van der Waals surface area contributed by atoms with E-state index in [2.05, 4.69) is 10.2 Å². The lowest BCUT2D eigenvalue weighted by molar-refractivity contribution is -0.117. The highest BCUT2D eigenvalue weighted by Gasteiger charge is 2.36. The molecule has 1 aliphatic heterocycles. The number of nitrogens with zero attached hydrogens (tertiary/aromatic N) is 2. The molecule has 4 rings (SSSR count). The van der Waals surface area contributed by atoms with E-state index < -0.39 is 0 Å². The van der Waals surface area contributed by atoms with Gasteiger partial charge in [0.1, 0.15) is 6.10 Å². The van der Waals surface area contributed by atoms with Crippen molar-refractivity contribution < 1.29 is 19.4 Å². The molecule has 194 valence electrons. The molecule has 0 spiro atoms. The second-order valence-electron chi connectivity index (χ2n) is 10.0. The summed E-state index contributed by atoms with van der Waals surface area (Å²) in [5.41, 5.74) is 1.91. The van der Waals surface area contributed by atoms with Crippen LogP contribution in [0.15, 0.2) is 36.4 Å². The van der Waals surface area contributed by atoms with Crippen molar-refractivity contribution in [3.8, 4) is 5.75 Å². The van der Waals surface area contributed by atoms with Gasteiger partial charge >= 0.3 is 0 Å². The number of aliphatic hydroxyl groups excluding tert-OH is 1. The number of benzene rings is 2. The molecule has 0 saturated heterocycles. The minimum absolute atomic E-state index is 0.0167. The molecule has 2 amide bonds. The second-order valence-corrected chi connectivity index (χ2v) is 10.8. The van der Waals surface area contributed by atoms with Crippen LogP contribution < -0.4 is 10.1 Å². The van der Waals surface area contributed by atoms with Crippen LogP contribution in [-0.2, 0) is 11.3 Å². The number of hydrogen-bond acceptors (Lipinski definition) is 5. The quantitative estimate of drug-likeness (QED) is 0.514. The van der Waals surface area contributed by atoms with E-state index in [0.717, 1.165) is 18.4 Å². The van der Waals surface area contributed by atoms with E-state index in [1.54, 1.807) is 29.2 Å². The minimum atomic E-state index is -0.356. The Morgan fingerprint density at radius 2 is 2.00 bits per heavy atom. The van der Waals surface area contributed by atoms with E-state index in [9.17, 15) is 14.7 Å². The summed E-state index contributed by atoms with van der Waals surface area (Å²) >= 11 is 12.3. The van der Waals surface area contributed by atoms with Gasteiger partial charge in [-0.15, -0.1) is 0 Å². The number of ether oxygens (including phenoxy) is 1. The summed E-state index contributed by atoms with van der Waals surface area (Å²) in [6, 6.07) is 10.5. The van der Waals surface area contributed by atoms with Gasteiger partial charge in [-0.25, -0.2) is 0 Å². The smallest absolute Gasteiger partial charge is 0.258 e. The maximum absolute atomic E-state index is 13.5. The molecule has 1 fully saturated rings. The molecule has 36 heavy (non-hydrogen) atoms. The number of anilines is 1. The zero-order valence-corrected chi connectivity index (χ0v) is 22.4. The van der Waals surface area contributed by atoms with Crippen LogP contribution in [0, 0.1) is 11.8 Å². The molecular formula is C27H33Cl2N3O4. The molecule has 0 aromatic heterocycles. The van der Waals surface area contributed by atoms with Crippen molar-refractivity contribution in [3.63, 3.8) is 0 Å². The lowest BCUT2D eigenvalue weighted by Crippen LogP contribution is -2.49. The van der Waals surface area contributed by atoms with Crippen LogP contribution in [0.1, 0.15) is 42.6 Å². The van der Waals surface area contributed by atoms with Crippen molar-refractivity contribution in [1.29, 1.82) is 0 Å². The summed E-state index contributed by atoms with van der Waals surface area (Å²) in [6.45, 7) is 5.36. The lowest BCUT2D eigenvalue weighted by Gasteiger charge is -2.38. The summed E-state index contributed by atoms with van der Waals surface area (Å²) in [5, 5.41) is 13.8. The third-order valence-corrected chi connectivity index (χ3v) is 7.56. The zero-order valence-electron chi connectivity index (χ0n) is 20.8. The Hall–Kier alpha value is -2.32. The zero-order chi connectivity index (χ0) is 26.0. The fourth-order valence-corrected chi connectivity index (χ4v) is 4.78. The van der Waals surface area contributed by atoms with Crippen molar-refractivity contribution in [3.05, 3.63) is 57.6 Å². The first-order valence-corrected chi connectivity index (χ1v) is 13.1. The maximum Gasteiger partial charge on any atom is 0.258 e. The number of likely N-dealkylation sites (N-methyl/N-ethyl adjacent to an activating group) is 1. The van der Waals surface area contributed by atoms with E-state index in [4.69, 9.17) is 27.9 Å². The fraction of sp³-hybridized carbons (Fsp3) is 0.481. The van der Waals surface area contributed by atoms with E-state index >= 15 is 0 Å². The number of hydrogen-bond donors (Lipinski definition) is 2. The third kappa shape index (κ3) is 6.14. The number of rotatable bonds is 8. The third-order valence-electron chi connectivity index (χ3n) is 6.83. The van der Waals surface area contributed by atoms with Crippen LogP contribution in [0.5, 0.6) is 5.75 Å². The molecule has 1 heterocycles.